The zero-order valence-electron chi connectivity index (χ0n) is 16.7. The molecule has 0 aliphatic carbocycles. The van der Waals surface area contributed by atoms with E-state index >= 15 is 0 Å². The van der Waals surface area contributed by atoms with Gasteiger partial charge in [-0.05, 0) is 30.3 Å². The van der Waals surface area contributed by atoms with Crippen LogP contribution in [0.25, 0.3) is 0 Å². The molecule has 1 N–H and O–H groups in total. The number of halogens is 1. The van der Waals surface area contributed by atoms with Crippen LogP contribution in [-0.4, -0.2) is 65.3 Å². The lowest BCUT2D eigenvalue weighted by Crippen LogP contribution is -2.32. The van der Waals surface area contributed by atoms with Crippen LogP contribution in [0.2, 0.25) is 0 Å². The number of carbonyl (C=O) groups is 1. The molecule has 31 heavy (non-hydrogen) atoms. The Morgan fingerprint density at radius 3 is 2.90 bits per heavy atom. The van der Waals surface area contributed by atoms with Crippen LogP contribution in [-0.2, 0) is 20.7 Å². The Morgan fingerprint density at radius 2 is 2.10 bits per heavy atom. The Kier molecular flexibility index (Phi) is 6.23. The van der Waals surface area contributed by atoms with Crippen molar-refractivity contribution in [3.8, 4) is 11.5 Å². The predicted molar refractivity (Wildman–Crippen MR) is 116 cm³/mol. The van der Waals surface area contributed by atoms with Crippen LogP contribution in [0.5, 0.6) is 11.5 Å². The van der Waals surface area contributed by atoms with Crippen LogP contribution in [0.4, 0.5) is 15.8 Å². The van der Waals surface area contributed by atoms with Gasteiger partial charge in [0.05, 0.1) is 37.4 Å². The van der Waals surface area contributed by atoms with E-state index in [1.807, 2.05) is 17.0 Å². The minimum absolute atomic E-state index is 0.0611. The maximum atomic E-state index is 14.2. The summed E-state index contributed by atoms with van der Waals surface area (Å²) in [6, 6.07) is 9.45. The number of nitrogens with one attached hydrogen (secondary N) is 1. The fourth-order valence-electron chi connectivity index (χ4n) is 3.11. The number of nitrogens with zero attached hydrogens (tertiary/aromatic N) is 4. The number of methoxy groups -OCH3 is 1. The highest BCUT2D eigenvalue weighted by Crippen LogP contribution is 2.33. The van der Waals surface area contributed by atoms with Crippen molar-refractivity contribution in [2.75, 3.05) is 38.1 Å². The van der Waals surface area contributed by atoms with Crippen LogP contribution in [0.3, 0.4) is 0 Å². The van der Waals surface area contributed by atoms with E-state index in [1.54, 1.807) is 12.4 Å². The van der Waals surface area contributed by atoms with Crippen molar-refractivity contribution in [3.63, 3.8) is 0 Å². The maximum Gasteiger partial charge on any atom is 0.225 e. The minimum Gasteiger partial charge on any atom is -0.457 e. The summed E-state index contributed by atoms with van der Waals surface area (Å²) in [5.74, 6) is 1.07. The number of amidine groups is 1. The molecule has 2 aliphatic rings. The van der Waals surface area contributed by atoms with Crippen LogP contribution in [0, 0.1) is 5.82 Å². The fourth-order valence-corrected chi connectivity index (χ4v) is 3.89. The van der Waals surface area contributed by atoms with Gasteiger partial charge in [0, 0.05) is 25.3 Å². The van der Waals surface area contributed by atoms with Gasteiger partial charge in [0.15, 0.2) is 0 Å². The molecule has 0 fully saturated rings. The number of ether oxygens (including phenoxy) is 2. The van der Waals surface area contributed by atoms with E-state index in [0.717, 1.165) is 27.9 Å². The van der Waals surface area contributed by atoms with Gasteiger partial charge in [0.1, 0.15) is 23.2 Å². The number of hydrogen-bond acceptors (Lipinski definition) is 7. The van der Waals surface area contributed by atoms with E-state index in [4.69, 9.17) is 9.47 Å². The largest absolute Gasteiger partial charge is 0.457 e. The van der Waals surface area contributed by atoms with Crippen LogP contribution in [0.15, 0.2) is 46.4 Å². The number of anilines is 1. The summed E-state index contributed by atoms with van der Waals surface area (Å²) in [6.45, 7) is 1.78. The molecule has 1 unspecified atom stereocenters. The van der Waals surface area contributed by atoms with E-state index in [-0.39, 0.29) is 18.8 Å². The number of rotatable bonds is 9. The van der Waals surface area contributed by atoms with Crippen LogP contribution < -0.4 is 9.46 Å². The summed E-state index contributed by atoms with van der Waals surface area (Å²) in [5, 5.41) is 0. The van der Waals surface area contributed by atoms with Gasteiger partial charge in [0.25, 0.3) is 0 Å². The molecule has 2 heterocycles. The first-order valence-corrected chi connectivity index (χ1v) is 10.6. The van der Waals surface area contributed by atoms with Crippen molar-refractivity contribution in [2.45, 2.75) is 0 Å². The van der Waals surface area contributed by atoms with Gasteiger partial charge in [-0.1, -0.05) is 0 Å². The SMILES string of the molecule is COCCN(C=O)S(=O)Nc1cc(Oc2ccc3c(c2)C2=NCCN2C=N3)ccc1F. The third-order valence-corrected chi connectivity index (χ3v) is 5.73. The second kappa shape index (κ2) is 9.23. The molecule has 0 saturated carbocycles. The predicted octanol–water partition coefficient (Wildman–Crippen LogP) is 2.45. The number of fused-ring (bicyclic) bond motifs is 3. The molecule has 4 rings (SSSR count). The summed E-state index contributed by atoms with van der Waals surface area (Å²) in [6.07, 6.45) is 2.17. The second-order valence-electron chi connectivity index (χ2n) is 6.66. The van der Waals surface area contributed by atoms with Gasteiger partial charge in [-0.3, -0.25) is 14.5 Å². The van der Waals surface area contributed by atoms with Crippen LogP contribution in [0.1, 0.15) is 5.56 Å². The molecule has 1 amide bonds. The summed E-state index contributed by atoms with van der Waals surface area (Å²) in [5.41, 5.74) is 1.60. The zero-order valence-corrected chi connectivity index (χ0v) is 17.5. The zero-order chi connectivity index (χ0) is 21.8. The van der Waals surface area contributed by atoms with Crippen molar-refractivity contribution < 1.29 is 22.9 Å². The Bertz CT molecular complexity index is 1080. The third-order valence-electron chi connectivity index (χ3n) is 4.64. The Hall–Kier alpha value is -3.31. The molecule has 0 bridgehead atoms. The summed E-state index contributed by atoms with van der Waals surface area (Å²) in [7, 11) is 1.46. The van der Waals surface area contributed by atoms with E-state index in [2.05, 4.69) is 14.7 Å². The highest BCUT2D eigenvalue weighted by atomic mass is 32.2. The lowest BCUT2D eigenvalue weighted by Gasteiger charge is -2.21. The van der Waals surface area contributed by atoms with Crippen molar-refractivity contribution in [2.24, 2.45) is 9.98 Å². The molecule has 2 aliphatic heterocycles. The number of aliphatic imine (C=N–C) groups is 2. The smallest absolute Gasteiger partial charge is 0.225 e. The van der Waals surface area contributed by atoms with Gasteiger partial charge < -0.3 is 14.4 Å². The summed E-state index contributed by atoms with van der Waals surface area (Å²) < 4.78 is 40.8. The molecular formula is C20H20FN5O4S. The molecule has 9 nitrogen and oxygen atoms in total. The molecule has 2 aromatic rings. The quantitative estimate of drug-likeness (QED) is 0.598. The van der Waals surface area contributed by atoms with Gasteiger partial charge >= 0.3 is 0 Å². The topological polar surface area (TPSA) is 95.8 Å². The monoisotopic (exact) mass is 445 g/mol. The molecule has 0 radical (unpaired) electrons. The first-order valence-electron chi connectivity index (χ1n) is 9.45. The molecule has 2 aromatic carbocycles. The van der Waals surface area contributed by atoms with E-state index in [0.29, 0.717) is 24.5 Å². The van der Waals surface area contributed by atoms with Crippen molar-refractivity contribution in [1.82, 2.24) is 9.21 Å². The standard InChI is InChI=1S/C20H20FN5O4S/c1-29-9-8-26(13-27)31(28)24-19-11-15(2-4-17(19)21)30-14-3-5-18-16(10-14)20-22-6-7-25(20)12-23-18/h2-5,10-13,24H,6-9H2,1H3. The normalized spacial score (nSPS) is 15.0. The first kappa shape index (κ1) is 20.9. The molecule has 1 atom stereocenters. The number of benzene rings is 2. The number of amides is 1. The Morgan fingerprint density at radius 1 is 1.29 bits per heavy atom. The highest BCUT2D eigenvalue weighted by molar-refractivity contribution is 7.84. The van der Waals surface area contributed by atoms with Crippen molar-refractivity contribution in [3.05, 3.63) is 47.8 Å². The average molecular weight is 445 g/mol. The first-order chi connectivity index (χ1) is 15.1. The Labute approximate surface area is 180 Å². The molecule has 0 spiro atoms. The van der Waals surface area contributed by atoms with Gasteiger partial charge in [0.2, 0.25) is 17.6 Å². The maximum absolute atomic E-state index is 14.2. The summed E-state index contributed by atoms with van der Waals surface area (Å²) >= 11 is -1.98. The van der Waals surface area contributed by atoms with Crippen LogP contribution >= 0.6 is 0 Å². The summed E-state index contributed by atoms with van der Waals surface area (Å²) in [4.78, 5) is 22.0. The van der Waals surface area contributed by atoms with Crippen molar-refractivity contribution >= 4 is 41.1 Å². The van der Waals surface area contributed by atoms with Gasteiger partial charge in [-0.15, -0.1) is 0 Å². The van der Waals surface area contributed by atoms with E-state index in [1.165, 1.54) is 25.3 Å². The Balaban J connectivity index is 1.52. The molecule has 162 valence electrons. The lowest BCUT2D eigenvalue weighted by atomic mass is 10.1. The van der Waals surface area contributed by atoms with E-state index in [9.17, 15) is 13.4 Å². The molecule has 11 heteroatoms. The molecular weight excluding hydrogens is 425 g/mol. The fraction of sp³-hybridized carbons (Fsp3) is 0.250. The molecule has 0 aromatic heterocycles. The van der Waals surface area contributed by atoms with Gasteiger partial charge in [-0.2, -0.15) is 0 Å². The minimum atomic E-state index is -1.98. The third kappa shape index (κ3) is 4.57. The number of hydrogen-bond donors (Lipinski definition) is 1. The number of carbonyl (C=O) groups excluding carboxylic acids is 1. The van der Waals surface area contributed by atoms with E-state index < -0.39 is 17.0 Å². The highest BCUT2D eigenvalue weighted by Gasteiger charge is 2.24. The molecule has 0 saturated heterocycles. The van der Waals surface area contributed by atoms with Gasteiger partial charge in [-0.25, -0.2) is 17.9 Å². The van der Waals surface area contributed by atoms with Crippen molar-refractivity contribution in [1.29, 1.82) is 0 Å². The lowest BCUT2D eigenvalue weighted by molar-refractivity contribution is -0.114. The average Bonchev–Trinajstić information content (AvgIpc) is 3.26. The second-order valence-corrected chi connectivity index (χ2v) is 7.83.